The SMILES string of the molecule is CCc1nc(-c2cc([N+](=O)[O-])ccc2C)sc1C(=O)O. The third-order valence-electron chi connectivity index (χ3n) is 2.89. The van der Waals surface area contributed by atoms with Gasteiger partial charge in [0.05, 0.1) is 10.6 Å². The highest BCUT2D eigenvalue weighted by Crippen LogP contribution is 2.32. The van der Waals surface area contributed by atoms with E-state index >= 15 is 0 Å². The number of nitro groups is 1. The zero-order valence-electron chi connectivity index (χ0n) is 10.9. The van der Waals surface area contributed by atoms with Gasteiger partial charge in [0.1, 0.15) is 9.88 Å². The number of carboxylic acids is 1. The number of nitrogens with zero attached hydrogens (tertiary/aromatic N) is 2. The molecule has 104 valence electrons. The lowest BCUT2D eigenvalue weighted by atomic mass is 10.1. The second kappa shape index (κ2) is 5.38. The van der Waals surface area contributed by atoms with Crippen LogP contribution in [-0.2, 0) is 6.42 Å². The molecule has 0 saturated carbocycles. The van der Waals surface area contributed by atoms with Gasteiger partial charge in [-0.15, -0.1) is 11.3 Å². The molecule has 0 amide bonds. The molecule has 1 aromatic carbocycles. The third kappa shape index (κ3) is 2.53. The number of hydrogen-bond donors (Lipinski definition) is 1. The molecule has 0 aliphatic carbocycles. The van der Waals surface area contributed by atoms with Crippen LogP contribution in [0.25, 0.3) is 10.6 Å². The van der Waals surface area contributed by atoms with Crippen LogP contribution >= 0.6 is 11.3 Å². The number of carbonyl (C=O) groups is 1. The molecule has 0 saturated heterocycles. The Labute approximate surface area is 118 Å². The summed E-state index contributed by atoms with van der Waals surface area (Å²) in [6, 6.07) is 4.49. The highest BCUT2D eigenvalue weighted by molar-refractivity contribution is 7.17. The molecular weight excluding hydrogens is 280 g/mol. The van der Waals surface area contributed by atoms with Gasteiger partial charge in [0.25, 0.3) is 5.69 Å². The van der Waals surface area contributed by atoms with Gasteiger partial charge < -0.3 is 5.11 Å². The maximum atomic E-state index is 11.1. The maximum Gasteiger partial charge on any atom is 0.347 e. The maximum absolute atomic E-state index is 11.1. The van der Waals surface area contributed by atoms with Crippen molar-refractivity contribution in [2.45, 2.75) is 20.3 Å². The normalized spacial score (nSPS) is 10.5. The van der Waals surface area contributed by atoms with Crippen molar-refractivity contribution < 1.29 is 14.8 Å². The molecule has 1 heterocycles. The fourth-order valence-electron chi connectivity index (χ4n) is 1.83. The molecule has 0 aliphatic rings. The van der Waals surface area contributed by atoms with E-state index in [0.29, 0.717) is 22.7 Å². The fraction of sp³-hybridized carbons (Fsp3) is 0.231. The van der Waals surface area contributed by atoms with Gasteiger partial charge in [-0.3, -0.25) is 10.1 Å². The van der Waals surface area contributed by atoms with E-state index in [2.05, 4.69) is 4.98 Å². The van der Waals surface area contributed by atoms with E-state index < -0.39 is 10.9 Å². The quantitative estimate of drug-likeness (QED) is 0.689. The van der Waals surface area contributed by atoms with Gasteiger partial charge in [0.15, 0.2) is 0 Å². The summed E-state index contributed by atoms with van der Waals surface area (Å²) < 4.78 is 0. The van der Waals surface area contributed by atoms with E-state index in [9.17, 15) is 14.9 Å². The minimum absolute atomic E-state index is 0.0317. The van der Waals surface area contributed by atoms with Crippen LogP contribution in [-0.4, -0.2) is 21.0 Å². The number of nitro benzene ring substituents is 1. The molecule has 0 spiro atoms. The molecule has 1 aromatic heterocycles. The Kier molecular flexibility index (Phi) is 3.80. The van der Waals surface area contributed by atoms with Crippen molar-refractivity contribution in [2.75, 3.05) is 0 Å². The van der Waals surface area contributed by atoms with Gasteiger partial charge >= 0.3 is 5.97 Å². The summed E-state index contributed by atoms with van der Waals surface area (Å²) in [5.74, 6) is -1.02. The van der Waals surface area contributed by atoms with E-state index in [-0.39, 0.29) is 10.6 Å². The van der Waals surface area contributed by atoms with Crippen LogP contribution in [0.3, 0.4) is 0 Å². The predicted molar refractivity (Wildman–Crippen MR) is 75.3 cm³/mol. The van der Waals surface area contributed by atoms with Crippen LogP contribution in [0.4, 0.5) is 5.69 Å². The van der Waals surface area contributed by atoms with Crippen LogP contribution in [0.5, 0.6) is 0 Å². The zero-order valence-corrected chi connectivity index (χ0v) is 11.7. The Hall–Kier alpha value is -2.28. The first kappa shape index (κ1) is 14.1. The van der Waals surface area contributed by atoms with Crippen molar-refractivity contribution in [3.63, 3.8) is 0 Å². The Morgan fingerprint density at radius 3 is 2.70 bits per heavy atom. The molecule has 6 nitrogen and oxygen atoms in total. The van der Waals surface area contributed by atoms with E-state index in [1.54, 1.807) is 6.07 Å². The van der Waals surface area contributed by atoms with Gasteiger partial charge in [-0.05, 0) is 18.9 Å². The van der Waals surface area contributed by atoms with Gasteiger partial charge in [0, 0.05) is 17.7 Å². The van der Waals surface area contributed by atoms with Crippen molar-refractivity contribution in [1.82, 2.24) is 4.98 Å². The molecule has 0 atom stereocenters. The zero-order chi connectivity index (χ0) is 14.9. The van der Waals surface area contributed by atoms with Crippen LogP contribution in [0.2, 0.25) is 0 Å². The Balaban J connectivity index is 2.59. The number of aromatic nitrogens is 1. The van der Waals surface area contributed by atoms with Crippen molar-refractivity contribution in [3.8, 4) is 10.6 Å². The molecule has 1 N–H and O–H groups in total. The van der Waals surface area contributed by atoms with Crippen LogP contribution in [0.1, 0.15) is 27.9 Å². The van der Waals surface area contributed by atoms with Crippen molar-refractivity contribution in [1.29, 1.82) is 0 Å². The lowest BCUT2D eigenvalue weighted by Crippen LogP contribution is -1.97. The molecular formula is C13H12N2O4S. The average molecular weight is 292 g/mol. The largest absolute Gasteiger partial charge is 0.477 e. The summed E-state index contributed by atoms with van der Waals surface area (Å²) in [6.45, 7) is 3.64. The standard InChI is InChI=1S/C13H12N2O4S/c1-3-10-11(13(16)17)20-12(14-10)9-6-8(15(18)19)5-4-7(9)2/h4-6H,3H2,1-2H3,(H,16,17). The first-order chi connectivity index (χ1) is 9.43. The van der Waals surface area contributed by atoms with Gasteiger partial charge in [-0.2, -0.15) is 0 Å². The number of thiazole rings is 1. The molecule has 0 bridgehead atoms. The van der Waals surface area contributed by atoms with E-state index in [1.807, 2.05) is 13.8 Å². The van der Waals surface area contributed by atoms with E-state index in [0.717, 1.165) is 16.9 Å². The summed E-state index contributed by atoms with van der Waals surface area (Å²) >= 11 is 1.05. The molecule has 2 rings (SSSR count). The molecule has 0 fully saturated rings. The van der Waals surface area contributed by atoms with Gasteiger partial charge in [0.2, 0.25) is 0 Å². The summed E-state index contributed by atoms with van der Waals surface area (Å²) in [7, 11) is 0. The van der Waals surface area contributed by atoms with Crippen LogP contribution in [0.15, 0.2) is 18.2 Å². The summed E-state index contributed by atoms with van der Waals surface area (Å²) in [5, 5.41) is 20.5. The second-order valence-electron chi connectivity index (χ2n) is 4.21. The minimum Gasteiger partial charge on any atom is -0.477 e. The third-order valence-corrected chi connectivity index (χ3v) is 4.01. The van der Waals surface area contributed by atoms with E-state index in [4.69, 9.17) is 5.11 Å². The Morgan fingerprint density at radius 2 is 2.20 bits per heavy atom. The number of rotatable bonds is 4. The average Bonchev–Trinajstić information content (AvgIpc) is 2.83. The van der Waals surface area contributed by atoms with Crippen LogP contribution < -0.4 is 0 Å². The number of aryl methyl sites for hydroxylation is 2. The topological polar surface area (TPSA) is 93.3 Å². The monoisotopic (exact) mass is 292 g/mol. The summed E-state index contributed by atoms with van der Waals surface area (Å²) in [5.41, 5.74) is 1.90. The highest BCUT2D eigenvalue weighted by Gasteiger charge is 2.19. The fourth-order valence-corrected chi connectivity index (χ4v) is 2.90. The highest BCUT2D eigenvalue weighted by atomic mass is 32.1. The lowest BCUT2D eigenvalue weighted by Gasteiger charge is -2.01. The molecule has 20 heavy (non-hydrogen) atoms. The number of non-ortho nitro benzene ring substituents is 1. The molecule has 2 aromatic rings. The molecule has 7 heteroatoms. The van der Waals surface area contributed by atoms with Crippen LogP contribution in [0, 0.1) is 17.0 Å². The summed E-state index contributed by atoms with van der Waals surface area (Å²) in [6.07, 6.45) is 0.506. The smallest absolute Gasteiger partial charge is 0.347 e. The molecule has 0 aliphatic heterocycles. The van der Waals surface area contributed by atoms with E-state index in [1.165, 1.54) is 12.1 Å². The van der Waals surface area contributed by atoms with Crippen molar-refractivity contribution >= 4 is 23.0 Å². The molecule has 0 radical (unpaired) electrons. The van der Waals surface area contributed by atoms with Gasteiger partial charge in [-0.25, -0.2) is 9.78 Å². The minimum atomic E-state index is -1.02. The first-order valence-electron chi connectivity index (χ1n) is 5.92. The second-order valence-corrected chi connectivity index (χ2v) is 5.21. The summed E-state index contributed by atoms with van der Waals surface area (Å²) in [4.78, 5) is 26.0. The lowest BCUT2D eigenvalue weighted by molar-refractivity contribution is -0.384. The Bertz CT molecular complexity index is 694. The first-order valence-corrected chi connectivity index (χ1v) is 6.74. The van der Waals surface area contributed by atoms with Crippen molar-refractivity contribution in [2.24, 2.45) is 0 Å². The molecule has 0 unspecified atom stereocenters. The van der Waals surface area contributed by atoms with Gasteiger partial charge in [-0.1, -0.05) is 13.0 Å². The van der Waals surface area contributed by atoms with Crippen molar-refractivity contribution in [3.05, 3.63) is 44.4 Å². The number of aromatic carboxylic acids is 1. The predicted octanol–water partition coefficient (Wildman–Crippen LogP) is 3.29. The Morgan fingerprint density at radius 1 is 1.50 bits per heavy atom. The number of benzene rings is 1. The number of carboxylic acid groups (broad SMARTS) is 1. The number of hydrogen-bond acceptors (Lipinski definition) is 5.